The van der Waals surface area contributed by atoms with Crippen LogP contribution in [0.25, 0.3) is 11.4 Å². The van der Waals surface area contributed by atoms with E-state index in [9.17, 15) is 4.79 Å². The van der Waals surface area contributed by atoms with Crippen LogP contribution in [-0.2, 0) is 15.9 Å². The number of esters is 1. The summed E-state index contributed by atoms with van der Waals surface area (Å²) in [5.74, 6) is 0.267. The Bertz CT molecular complexity index is 684. The highest BCUT2D eigenvalue weighted by atomic mass is 16.7. The van der Waals surface area contributed by atoms with Crippen molar-refractivity contribution in [3.8, 4) is 11.4 Å². The van der Waals surface area contributed by atoms with E-state index in [4.69, 9.17) is 9.47 Å². The van der Waals surface area contributed by atoms with E-state index in [1.165, 1.54) is 12.8 Å². The molecule has 1 unspecified atom stereocenters. The van der Waals surface area contributed by atoms with E-state index in [1.54, 1.807) is 19.1 Å². The van der Waals surface area contributed by atoms with Crippen LogP contribution in [0.2, 0.25) is 0 Å². The molecule has 0 bridgehead atoms. The lowest BCUT2D eigenvalue weighted by Gasteiger charge is -2.14. The van der Waals surface area contributed by atoms with Gasteiger partial charge in [-0.2, -0.15) is 0 Å². The van der Waals surface area contributed by atoms with E-state index in [-0.39, 0.29) is 0 Å². The Labute approximate surface area is 162 Å². The molecule has 1 heterocycles. The third-order valence-electron chi connectivity index (χ3n) is 4.28. The van der Waals surface area contributed by atoms with Crippen molar-refractivity contribution >= 4 is 5.97 Å². The molecule has 0 aliphatic carbocycles. The predicted octanol–water partition coefficient (Wildman–Crippen LogP) is 5.20. The van der Waals surface area contributed by atoms with Crippen LogP contribution in [-0.4, -0.2) is 28.8 Å². The summed E-state index contributed by atoms with van der Waals surface area (Å²) >= 11 is 0. The smallest absolute Gasteiger partial charge is 0.340 e. The van der Waals surface area contributed by atoms with Gasteiger partial charge in [0.15, 0.2) is 12.1 Å². The number of hydrogen-bond acceptors (Lipinski definition) is 5. The van der Waals surface area contributed by atoms with Crippen LogP contribution in [0.1, 0.15) is 68.8 Å². The first-order chi connectivity index (χ1) is 13.1. The highest BCUT2D eigenvalue weighted by molar-refractivity contribution is 5.90. The van der Waals surface area contributed by atoms with Gasteiger partial charge in [0, 0.05) is 18.0 Å². The van der Waals surface area contributed by atoms with Gasteiger partial charge in [-0.1, -0.05) is 45.2 Å². The number of hydrogen-bond donors (Lipinski definition) is 0. The number of rotatable bonds is 11. The maximum absolute atomic E-state index is 12.2. The monoisotopic (exact) mass is 370 g/mol. The van der Waals surface area contributed by atoms with Gasteiger partial charge in [0.05, 0.1) is 12.2 Å². The quantitative estimate of drug-likeness (QED) is 0.309. The number of carbonyl (C=O) groups is 1. The number of carbonyl (C=O) groups excluding carboxylic acids is 1. The Kier molecular flexibility index (Phi) is 8.92. The summed E-state index contributed by atoms with van der Waals surface area (Å²) < 4.78 is 10.7. The number of ether oxygens (including phenoxy) is 2. The van der Waals surface area contributed by atoms with Crippen molar-refractivity contribution in [2.24, 2.45) is 0 Å². The molecule has 27 heavy (non-hydrogen) atoms. The van der Waals surface area contributed by atoms with Crippen molar-refractivity contribution in [2.45, 2.75) is 65.6 Å². The summed E-state index contributed by atoms with van der Waals surface area (Å²) in [6, 6.07) is 7.14. The lowest BCUT2D eigenvalue weighted by molar-refractivity contribution is -0.0985. The molecule has 5 nitrogen and oxygen atoms in total. The Morgan fingerprint density at radius 2 is 1.67 bits per heavy atom. The Hall–Kier alpha value is -2.27. The van der Waals surface area contributed by atoms with Crippen LogP contribution < -0.4 is 0 Å². The zero-order valence-corrected chi connectivity index (χ0v) is 16.6. The molecule has 146 valence electrons. The van der Waals surface area contributed by atoms with Crippen LogP contribution >= 0.6 is 0 Å². The molecule has 2 aromatic rings. The molecule has 0 N–H and O–H groups in total. The van der Waals surface area contributed by atoms with Crippen molar-refractivity contribution in [1.82, 2.24) is 9.97 Å². The van der Waals surface area contributed by atoms with Gasteiger partial charge in [-0.05, 0) is 43.9 Å². The van der Waals surface area contributed by atoms with E-state index in [1.807, 2.05) is 24.5 Å². The van der Waals surface area contributed by atoms with Crippen LogP contribution in [0, 0.1) is 0 Å². The lowest BCUT2D eigenvalue weighted by atomic mass is 10.1. The lowest BCUT2D eigenvalue weighted by Crippen LogP contribution is -2.18. The van der Waals surface area contributed by atoms with Gasteiger partial charge in [0.25, 0.3) is 0 Å². The first-order valence-corrected chi connectivity index (χ1v) is 9.88. The van der Waals surface area contributed by atoms with Crippen LogP contribution in [0.15, 0.2) is 36.7 Å². The first-order valence-electron chi connectivity index (χ1n) is 9.88. The molecule has 0 aliphatic rings. The van der Waals surface area contributed by atoms with Gasteiger partial charge < -0.3 is 9.47 Å². The zero-order valence-electron chi connectivity index (χ0n) is 16.6. The van der Waals surface area contributed by atoms with Crippen molar-refractivity contribution in [1.29, 1.82) is 0 Å². The molecule has 0 aliphatic heterocycles. The first kappa shape index (κ1) is 21.0. The normalized spacial score (nSPS) is 12.0. The second kappa shape index (κ2) is 11.4. The molecule has 0 radical (unpaired) electrons. The third-order valence-corrected chi connectivity index (χ3v) is 4.28. The highest BCUT2D eigenvalue weighted by Crippen LogP contribution is 2.17. The van der Waals surface area contributed by atoms with Gasteiger partial charge >= 0.3 is 5.97 Å². The van der Waals surface area contributed by atoms with E-state index in [0.29, 0.717) is 18.0 Å². The standard InChI is InChI=1S/C22H30N2O3/c1-4-6-8-9-18-15-23-21(24-16-18)19-10-12-20(13-11-19)22(25)27-17(3)26-14-7-5-2/h10-13,15-17H,4-9,14H2,1-3H3. The van der Waals surface area contributed by atoms with E-state index in [2.05, 4.69) is 23.8 Å². The number of benzene rings is 1. The molecule has 1 atom stereocenters. The van der Waals surface area contributed by atoms with Gasteiger partial charge in [-0.15, -0.1) is 0 Å². The van der Waals surface area contributed by atoms with Gasteiger partial charge in [-0.3, -0.25) is 0 Å². The van der Waals surface area contributed by atoms with Crippen LogP contribution in [0.4, 0.5) is 0 Å². The molecule has 0 spiro atoms. The Balaban J connectivity index is 1.91. The van der Waals surface area contributed by atoms with E-state index < -0.39 is 12.3 Å². The number of unbranched alkanes of at least 4 members (excludes halogenated alkanes) is 3. The van der Waals surface area contributed by atoms with E-state index in [0.717, 1.165) is 36.8 Å². The number of aromatic nitrogens is 2. The fourth-order valence-corrected chi connectivity index (χ4v) is 2.61. The summed E-state index contributed by atoms with van der Waals surface area (Å²) in [6.07, 6.45) is 9.82. The van der Waals surface area contributed by atoms with E-state index >= 15 is 0 Å². The van der Waals surface area contributed by atoms with Gasteiger partial charge in [0.2, 0.25) is 0 Å². The summed E-state index contributed by atoms with van der Waals surface area (Å²) in [5.41, 5.74) is 2.52. The minimum atomic E-state index is -0.549. The molecule has 0 amide bonds. The van der Waals surface area contributed by atoms with Gasteiger partial charge in [-0.25, -0.2) is 14.8 Å². The zero-order chi connectivity index (χ0) is 19.5. The van der Waals surface area contributed by atoms with Crippen molar-refractivity contribution in [3.63, 3.8) is 0 Å². The molecular weight excluding hydrogens is 340 g/mol. The van der Waals surface area contributed by atoms with Gasteiger partial charge in [0.1, 0.15) is 0 Å². The average molecular weight is 370 g/mol. The second-order valence-electron chi connectivity index (χ2n) is 6.65. The third kappa shape index (κ3) is 7.10. The molecule has 1 aromatic heterocycles. The fraction of sp³-hybridized carbons (Fsp3) is 0.500. The number of aryl methyl sites for hydroxylation is 1. The molecule has 0 saturated carbocycles. The average Bonchev–Trinajstić information content (AvgIpc) is 2.69. The topological polar surface area (TPSA) is 61.3 Å². The predicted molar refractivity (Wildman–Crippen MR) is 106 cm³/mol. The highest BCUT2D eigenvalue weighted by Gasteiger charge is 2.12. The molecule has 0 saturated heterocycles. The summed E-state index contributed by atoms with van der Waals surface area (Å²) in [6.45, 7) is 6.61. The minimum Gasteiger partial charge on any atom is -0.432 e. The summed E-state index contributed by atoms with van der Waals surface area (Å²) in [4.78, 5) is 21.1. The number of nitrogens with zero attached hydrogens (tertiary/aromatic N) is 2. The molecule has 1 aromatic carbocycles. The molecule has 2 rings (SSSR count). The van der Waals surface area contributed by atoms with Crippen molar-refractivity contribution < 1.29 is 14.3 Å². The maximum atomic E-state index is 12.2. The molecular formula is C22H30N2O3. The Morgan fingerprint density at radius 3 is 2.30 bits per heavy atom. The van der Waals surface area contributed by atoms with Crippen LogP contribution in [0.3, 0.4) is 0 Å². The minimum absolute atomic E-state index is 0.391. The van der Waals surface area contributed by atoms with Crippen molar-refractivity contribution in [3.05, 3.63) is 47.8 Å². The fourth-order valence-electron chi connectivity index (χ4n) is 2.61. The molecule has 0 fully saturated rings. The second-order valence-corrected chi connectivity index (χ2v) is 6.65. The summed E-state index contributed by atoms with van der Waals surface area (Å²) in [5, 5.41) is 0. The van der Waals surface area contributed by atoms with Crippen LogP contribution in [0.5, 0.6) is 0 Å². The maximum Gasteiger partial charge on any atom is 0.340 e. The SMILES string of the molecule is CCCCCc1cnc(-c2ccc(C(=O)OC(C)OCCCC)cc2)nc1. The largest absolute Gasteiger partial charge is 0.432 e. The Morgan fingerprint density at radius 1 is 1.00 bits per heavy atom. The molecule has 5 heteroatoms. The van der Waals surface area contributed by atoms with Crippen molar-refractivity contribution in [2.75, 3.05) is 6.61 Å². The summed E-state index contributed by atoms with van der Waals surface area (Å²) in [7, 11) is 0.